The van der Waals surface area contributed by atoms with Crippen molar-refractivity contribution in [3.8, 4) is 90.0 Å². The molecule has 2 aliphatic rings. The summed E-state index contributed by atoms with van der Waals surface area (Å²) < 4.78 is 81.1. The summed E-state index contributed by atoms with van der Waals surface area (Å²) in [6, 6.07) is 99.4. The van der Waals surface area contributed by atoms with Gasteiger partial charge in [0.1, 0.15) is 0 Å². The van der Waals surface area contributed by atoms with Crippen molar-refractivity contribution >= 4 is 101 Å². The summed E-state index contributed by atoms with van der Waals surface area (Å²) in [6.07, 6.45) is 0. The van der Waals surface area contributed by atoms with Crippen molar-refractivity contribution in [1.82, 2.24) is 24.1 Å². The molecule has 0 amide bonds. The van der Waals surface area contributed by atoms with Gasteiger partial charge in [0.2, 0.25) is 0 Å². The maximum atomic E-state index is 10.0. The van der Waals surface area contributed by atoms with Crippen LogP contribution in [-0.2, 0) is 27.1 Å². The lowest BCUT2D eigenvalue weighted by molar-refractivity contribution is 0.590. The number of aromatic nitrogens is 5. The van der Waals surface area contributed by atoms with E-state index in [9.17, 15) is 11.0 Å². The largest absolute Gasteiger partial charge is 0.310 e. The van der Waals surface area contributed by atoms with Gasteiger partial charge in [0.25, 0.3) is 6.71 Å². The van der Waals surface area contributed by atoms with Crippen LogP contribution < -0.4 is 26.2 Å². The van der Waals surface area contributed by atoms with E-state index in [1.807, 2.05) is 42.5 Å². The number of hydrogen-bond acceptors (Lipinski definition) is 5. The summed E-state index contributed by atoms with van der Waals surface area (Å²) >= 11 is 0. The van der Waals surface area contributed by atoms with E-state index in [0.717, 1.165) is 150 Å². The molecular weight excluding hydrogens is 1470 g/mol. The van der Waals surface area contributed by atoms with E-state index in [0.29, 0.717) is 28.8 Å². The Hall–Kier alpha value is -13.4. The molecule has 0 bridgehead atoms. The molecule has 590 valence electrons. The van der Waals surface area contributed by atoms with Crippen LogP contribution in [0.5, 0.6) is 0 Å². The lowest BCUT2D eigenvalue weighted by Gasteiger charge is -2.46. The smallest absolute Gasteiger partial charge is 0.252 e. The fourth-order valence-corrected chi connectivity index (χ4v) is 18.2. The summed E-state index contributed by atoms with van der Waals surface area (Å²) in [4.78, 5) is 22.0. The first-order valence-electron chi connectivity index (χ1n) is 46.2. The predicted octanol–water partition coefficient (Wildman–Crippen LogP) is 28.3. The first-order valence-corrected chi connectivity index (χ1v) is 42.2. The summed E-state index contributed by atoms with van der Waals surface area (Å²) in [7, 11) is 0. The molecule has 20 rings (SSSR count). The van der Waals surface area contributed by atoms with E-state index in [4.69, 9.17) is 15.0 Å². The minimum absolute atomic E-state index is 0.00986. The highest BCUT2D eigenvalue weighted by atomic mass is 15.2. The molecular formula is C113H100BN7. The molecule has 0 saturated heterocycles. The van der Waals surface area contributed by atoms with Crippen molar-refractivity contribution < 1.29 is 11.0 Å². The minimum atomic E-state index is -0.627. The van der Waals surface area contributed by atoms with Crippen molar-refractivity contribution in [3.05, 3.63) is 361 Å². The average Bonchev–Trinajstić information content (AvgIpc) is 0.733. The minimum Gasteiger partial charge on any atom is -0.310 e. The Morgan fingerprint density at radius 3 is 1.01 bits per heavy atom. The van der Waals surface area contributed by atoms with Crippen LogP contribution in [0.3, 0.4) is 0 Å². The molecule has 0 fully saturated rings. The van der Waals surface area contributed by atoms with Crippen LogP contribution in [0.1, 0.15) is 143 Å². The molecule has 15 aromatic carbocycles. The fourth-order valence-electron chi connectivity index (χ4n) is 18.2. The molecule has 121 heavy (non-hydrogen) atoms. The molecule has 0 spiro atoms. The zero-order valence-corrected chi connectivity index (χ0v) is 71.3. The average molecular weight is 1570 g/mol. The molecule has 0 radical (unpaired) electrons. The number of benzene rings is 15. The SMILES string of the molecule is [2H]c1c([2H])c([2H])c2c(c1[2H])c1c([2H])c([2H])c([2H])c([2H])c1n2-c1ccc2c(c1)N(c1c(-c3ccccc3)cc(C(C)(C)C)cc1-c1ccccc1)c1cc(-c3cccc(C(C)(C)C)c3)cc3c1B2c1ccc(-n2c4ccc(C(C)(C)C)cc4c4cc(C(C)(C)C)ccc42)cc1N3c1c(-c2ccccc2)cc(C(C)(C)C)cc1-c1nc(-c2ccccc2)nc(-c2ccccc2)n1. The van der Waals surface area contributed by atoms with Gasteiger partial charge < -0.3 is 18.9 Å². The van der Waals surface area contributed by atoms with Crippen LogP contribution in [0.2, 0.25) is 0 Å². The van der Waals surface area contributed by atoms with E-state index in [2.05, 4.69) is 361 Å². The number of hydrogen-bond donors (Lipinski definition) is 0. The second kappa shape index (κ2) is 28.7. The molecule has 0 N–H and O–H groups in total. The lowest BCUT2D eigenvalue weighted by Crippen LogP contribution is -2.61. The molecule has 0 unspecified atom stereocenters. The quantitative estimate of drug-likeness (QED) is 0.121. The second-order valence-corrected chi connectivity index (χ2v) is 37.9. The highest BCUT2D eigenvalue weighted by Crippen LogP contribution is 2.56. The lowest BCUT2D eigenvalue weighted by atomic mass is 9.33. The van der Waals surface area contributed by atoms with Crippen molar-refractivity contribution in [2.45, 2.75) is 131 Å². The van der Waals surface area contributed by atoms with Crippen molar-refractivity contribution in [2.75, 3.05) is 9.80 Å². The Bertz CT molecular complexity index is 7400. The normalized spacial score (nSPS) is 14.0. The Balaban J connectivity index is 1.02. The standard InChI is InChI=1S/C113H100BN7/c1-109(2,3)78-47-35-46-76(60-78)77-61-101-103-102(62-77)121(105-89(73-40-25-18-26-41-73)67-82(113(13,14)15)68-92(105)108-116-106(74-42-27-19-28-43-74)115-107(117-108)75-44-29-20-30-45-75)100-70-84(119-97-58-52-79(110(4,5)6)63-90(97)91-64-80(111(7,8)9)53-59-98(91)119)55-57-94(100)114(103)93-56-54-83(118-95-50-33-31-48-85(95)86-49-32-34-51-96(86)118)69-99(93)120(101)104-87(71-36-21-16-22-37-71)65-81(112(10,11)12)66-88(104)72-38-23-17-24-39-72/h16-70H,1-15H3/i31D,32D,33D,34D,48D,49D,50D,51D. The van der Waals surface area contributed by atoms with E-state index < -0.39 is 48.4 Å². The van der Waals surface area contributed by atoms with E-state index in [1.54, 1.807) is 4.57 Å². The molecule has 2 aliphatic heterocycles. The van der Waals surface area contributed by atoms with Gasteiger partial charge in [-0.1, -0.05) is 340 Å². The van der Waals surface area contributed by atoms with Gasteiger partial charge in [0.05, 0.1) is 44.4 Å². The first-order chi connectivity index (χ1) is 61.5. The molecule has 7 nitrogen and oxygen atoms in total. The van der Waals surface area contributed by atoms with Crippen LogP contribution >= 0.6 is 0 Å². The van der Waals surface area contributed by atoms with Crippen molar-refractivity contribution in [2.24, 2.45) is 0 Å². The highest BCUT2D eigenvalue weighted by molar-refractivity contribution is 7.00. The molecule has 0 aliphatic carbocycles. The van der Waals surface area contributed by atoms with Gasteiger partial charge in [-0.2, -0.15) is 0 Å². The van der Waals surface area contributed by atoms with Gasteiger partial charge in [-0.25, -0.2) is 15.0 Å². The fraction of sp³-hybridized carbons (Fsp3) is 0.177. The second-order valence-electron chi connectivity index (χ2n) is 37.9. The van der Waals surface area contributed by atoms with E-state index >= 15 is 0 Å². The topological polar surface area (TPSA) is 55.0 Å². The Morgan fingerprint density at radius 2 is 0.603 bits per heavy atom. The monoisotopic (exact) mass is 1570 g/mol. The van der Waals surface area contributed by atoms with Crippen LogP contribution in [0.15, 0.2) is 333 Å². The number of rotatable bonds is 11. The van der Waals surface area contributed by atoms with Crippen molar-refractivity contribution in [3.63, 3.8) is 0 Å². The van der Waals surface area contributed by atoms with Gasteiger partial charge in [0, 0.05) is 89.0 Å². The third-order valence-electron chi connectivity index (χ3n) is 24.7. The van der Waals surface area contributed by atoms with Crippen LogP contribution in [0.4, 0.5) is 34.1 Å². The zero-order chi connectivity index (χ0) is 90.3. The maximum absolute atomic E-state index is 10.0. The van der Waals surface area contributed by atoms with Gasteiger partial charge in [-0.3, -0.25) is 0 Å². The summed E-state index contributed by atoms with van der Waals surface area (Å²) in [6.45, 7) is 33.5. The van der Waals surface area contributed by atoms with E-state index in [-0.39, 0.29) is 55.6 Å². The summed E-state index contributed by atoms with van der Waals surface area (Å²) in [5.41, 5.74) is 25.5. The summed E-state index contributed by atoms with van der Waals surface area (Å²) in [5.74, 6) is 1.49. The van der Waals surface area contributed by atoms with Gasteiger partial charge in [0.15, 0.2) is 17.5 Å². The molecule has 8 heteroatoms. The highest BCUT2D eigenvalue weighted by Gasteiger charge is 2.47. The van der Waals surface area contributed by atoms with Gasteiger partial charge in [-0.05, 0) is 196 Å². The Morgan fingerprint density at radius 1 is 0.256 bits per heavy atom. The van der Waals surface area contributed by atoms with Gasteiger partial charge >= 0.3 is 0 Å². The predicted molar refractivity (Wildman–Crippen MR) is 514 cm³/mol. The molecule has 3 aromatic heterocycles. The molecule has 0 saturated carbocycles. The van der Waals surface area contributed by atoms with Crippen LogP contribution in [0.25, 0.3) is 134 Å². The zero-order valence-electron chi connectivity index (χ0n) is 79.3. The van der Waals surface area contributed by atoms with Crippen LogP contribution in [-0.4, -0.2) is 30.8 Å². The maximum Gasteiger partial charge on any atom is 0.252 e. The molecule has 0 atom stereocenters. The number of nitrogens with zero attached hydrogens (tertiary/aromatic N) is 7. The molecule has 5 heterocycles. The molecule has 18 aromatic rings. The first kappa shape index (κ1) is 67.5. The van der Waals surface area contributed by atoms with E-state index in [1.165, 1.54) is 11.1 Å². The summed E-state index contributed by atoms with van der Waals surface area (Å²) in [5, 5.41) is 2.27. The van der Waals surface area contributed by atoms with Crippen molar-refractivity contribution in [1.29, 1.82) is 0 Å². The Kier molecular flexibility index (Phi) is 16.0. The number of anilines is 6. The van der Waals surface area contributed by atoms with Gasteiger partial charge in [-0.15, -0.1) is 0 Å². The number of para-hydroxylation sites is 2. The third kappa shape index (κ3) is 13.3. The third-order valence-corrected chi connectivity index (χ3v) is 24.7. The number of fused-ring (bicyclic) bond motifs is 10. The van der Waals surface area contributed by atoms with Crippen LogP contribution in [0, 0.1) is 0 Å². The Labute approximate surface area is 723 Å².